The van der Waals surface area contributed by atoms with Gasteiger partial charge in [-0.05, 0) is 24.1 Å². The van der Waals surface area contributed by atoms with Gasteiger partial charge in [0.1, 0.15) is 6.33 Å². The van der Waals surface area contributed by atoms with E-state index in [0.29, 0.717) is 13.1 Å². The topological polar surface area (TPSA) is 46.1 Å². The monoisotopic (exact) mass is 267 g/mol. The third-order valence-corrected chi connectivity index (χ3v) is 3.61. The van der Waals surface area contributed by atoms with E-state index in [2.05, 4.69) is 16.9 Å². The van der Waals surface area contributed by atoms with E-state index in [1.165, 1.54) is 11.9 Å². The van der Waals surface area contributed by atoms with Crippen molar-refractivity contribution in [2.24, 2.45) is 0 Å². The lowest BCUT2D eigenvalue weighted by molar-refractivity contribution is 0.0750. The van der Waals surface area contributed by atoms with Crippen LogP contribution in [0.2, 0.25) is 0 Å². The zero-order valence-electron chi connectivity index (χ0n) is 11.5. The van der Waals surface area contributed by atoms with Crippen molar-refractivity contribution < 1.29 is 4.79 Å². The van der Waals surface area contributed by atoms with Gasteiger partial charge in [-0.2, -0.15) is 0 Å². The van der Waals surface area contributed by atoms with Gasteiger partial charge in [0, 0.05) is 23.9 Å². The van der Waals surface area contributed by atoms with E-state index in [9.17, 15) is 4.79 Å². The lowest BCUT2D eigenvalue weighted by atomic mass is 10.1. The molecule has 4 heteroatoms. The smallest absolute Gasteiger partial charge is 0.254 e. The molecule has 1 aromatic heterocycles. The fraction of sp³-hybridized carbons (Fsp3) is 0.312. The van der Waals surface area contributed by atoms with Crippen LogP contribution in [0, 0.1) is 0 Å². The van der Waals surface area contributed by atoms with Crippen molar-refractivity contribution in [3.63, 3.8) is 0 Å². The van der Waals surface area contributed by atoms with Gasteiger partial charge < -0.3 is 4.90 Å². The molecule has 2 heterocycles. The highest BCUT2D eigenvalue weighted by atomic mass is 16.2. The summed E-state index contributed by atoms with van der Waals surface area (Å²) in [4.78, 5) is 22.5. The summed E-state index contributed by atoms with van der Waals surface area (Å²) in [5.74, 6) is 0.0612. The number of fused-ring (bicyclic) bond motifs is 1. The van der Waals surface area contributed by atoms with Gasteiger partial charge in [-0.15, -0.1) is 0 Å². The predicted octanol–water partition coefficient (Wildman–Crippen LogP) is 2.59. The molecular weight excluding hydrogens is 250 g/mol. The van der Waals surface area contributed by atoms with Gasteiger partial charge in [-0.3, -0.25) is 4.79 Å². The van der Waals surface area contributed by atoms with Crippen LogP contribution in [-0.4, -0.2) is 20.8 Å². The van der Waals surface area contributed by atoms with Crippen LogP contribution in [0.4, 0.5) is 0 Å². The third-order valence-electron chi connectivity index (χ3n) is 3.61. The number of benzene rings is 1. The standard InChI is InChI=1S/C16H17N3O/c1-2-3-12-4-6-13(7-5-12)16(20)19-9-14-8-17-11-18-15(14)10-19/h4-8,11H,2-3,9-10H2,1H3. The van der Waals surface area contributed by atoms with E-state index < -0.39 is 0 Å². The number of aryl methyl sites for hydroxylation is 1. The fourth-order valence-corrected chi connectivity index (χ4v) is 2.53. The molecule has 0 fully saturated rings. The first kappa shape index (κ1) is 12.8. The summed E-state index contributed by atoms with van der Waals surface area (Å²) in [5.41, 5.74) is 4.02. The van der Waals surface area contributed by atoms with Crippen molar-refractivity contribution in [2.45, 2.75) is 32.9 Å². The molecule has 20 heavy (non-hydrogen) atoms. The first-order valence-corrected chi connectivity index (χ1v) is 6.94. The van der Waals surface area contributed by atoms with E-state index in [0.717, 1.165) is 29.7 Å². The lowest BCUT2D eigenvalue weighted by Crippen LogP contribution is -2.25. The molecule has 4 nitrogen and oxygen atoms in total. The van der Waals surface area contributed by atoms with E-state index in [4.69, 9.17) is 0 Å². The Labute approximate surface area is 118 Å². The number of hydrogen-bond acceptors (Lipinski definition) is 3. The van der Waals surface area contributed by atoms with Crippen LogP contribution < -0.4 is 0 Å². The van der Waals surface area contributed by atoms with Gasteiger partial charge in [0.2, 0.25) is 0 Å². The van der Waals surface area contributed by atoms with Crippen molar-refractivity contribution in [1.29, 1.82) is 0 Å². The molecule has 0 atom stereocenters. The summed E-state index contributed by atoms with van der Waals surface area (Å²) < 4.78 is 0. The van der Waals surface area contributed by atoms with Crippen LogP contribution in [-0.2, 0) is 19.5 Å². The van der Waals surface area contributed by atoms with Crippen molar-refractivity contribution >= 4 is 5.91 Å². The second kappa shape index (κ2) is 5.41. The highest BCUT2D eigenvalue weighted by Gasteiger charge is 2.25. The van der Waals surface area contributed by atoms with E-state index in [1.54, 1.807) is 6.20 Å². The fourth-order valence-electron chi connectivity index (χ4n) is 2.53. The highest BCUT2D eigenvalue weighted by molar-refractivity contribution is 5.94. The largest absolute Gasteiger partial charge is 0.328 e. The minimum atomic E-state index is 0.0612. The molecule has 0 radical (unpaired) electrons. The lowest BCUT2D eigenvalue weighted by Gasteiger charge is -2.15. The summed E-state index contributed by atoms with van der Waals surface area (Å²) >= 11 is 0. The first-order chi connectivity index (χ1) is 9.78. The first-order valence-electron chi connectivity index (χ1n) is 6.94. The Morgan fingerprint density at radius 2 is 2.05 bits per heavy atom. The van der Waals surface area contributed by atoms with E-state index >= 15 is 0 Å². The second-order valence-electron chi connectivity index (χ2n) is 5.10. The molecule has 0 spiro atoms. The maximum atomic E-state index is 12.5. The third kappa shape index (κ3) is 2.41. The van der Waals surface area contributed by atoms with Gasteiger partial charge in [0.05, 0.1) is 12.2 Å². The normalized spacial score (nSPS) is 13.3. The molecule has 1 aliphatic rings. The van der Waals surface area contributed by atoms with Crippen molar-refractivity contribution in [2.75, 3.05) is 0 Å². The van der Waals surface area contributed by atoms with Crippen LogP contribution in [0.5, 0.6) is 0 Å². The summed E-state index contributed by atoms with van der Waals surface area (Å²) in [6.45, 7) is 3.33. The van der Waals surface area contributed by atoms with E-state index in [1.807, 2.05) is 29.2 Å². The maximum absolute atomic E-state index is 12.5. The Hall–Kier alpha value is -2.23. The average Bonchev–Trinajstić information content (AvgIpc) is 2.91. The van der Waals surface area contributed by atoms with Gasteiger partial charge in [0.15, 0.2) is 0 Å². The molecule has 1 aromatic carbocycles. The molecule has 102 valence electrons. The number of rotatable bonds is 3. The van der Waals surface area contributed by atoms with Crippen LogP contribution in [0.15, 0.2) is 36.8 Å². The van der Waals surface area contributed by atoms with Gasteiger partial charge in [-0.1, -0.05) is 25.5 Å². The number of amides is 1. The highest BCUT2D eigenvalue weighted by Crippen LogP contribution is 2.21. The Kier molecular flexibility index (Phi) is 3.46. The zero-order chi connectivity index (χ0) is 13.9. The summed E-state index contributed by atoms with van der Waals surface area (Å²) in [7, 11) is 0. The van der Waals surface area contributed by atoms with Crippen molar-refractivity contribution in [3.05, 3.63) is 59.2 Å². The summed E-state index contributed by atoms with van der Waals surface area (Å²) in [6, 6.07) is 7.92. The molecule has 3 rings (SSSR count). The number of carbonyl (C=O) groups excluding carboxylic acids is 1. The Balaban J connectivity index is 1.74. The molecule has 1 aliphatic heterocycles. The molecule has 0 saturated carbocycles. The molecule has 1 amide bonds. The molecular formula is C16H17N3O. The number of hydrogen-bond donors (Lipinski definition) is 0. The number of carbonyl (C=O) groups is 1. The van der Waals surface area contributed by atoms with Gasteiger partial charge in [0.25, 0.3) is 5.91 Å². The van der Waals surface area contributed by atoms with Gasteiger partial charge in [-0.25, -0.2) is 9.97 Å². The molecule has 0 bridgehead atoms. The molecule has 0 unspecified atom stereocenters. The number of aromatic nitrogens is 2. The minimum absolute atomic E-state index is 0.0612. The van der Waals surface area contributed by atoms with Crippen LogP contribution in [0.3, 0.4) is 0 Å². The molecule has 0 saturated heterocycles. The maximum Gasteiger partial charge on any atom is 0.254 e. The number of nitrogens with zero attached hydrogens (tertiary/aromatic N) is 3. The Morgan fingerprint density at radius 3 is 2.75 bits per heavy atom. The van der Waals surface area contributed by atoms with Crippen LogP contribution in [0.25, 0.3) is 0 Å². The Bertz CT molecular complexity index is 597. The molecule has 0 N–H and O–H groups in total. The Morgan fingerprint density at radius 1 is 1.25 bits per heavy atom. The van der Waals surface area contributed by atoms with Gasteiger partial charge >= 0.3 is 0 Å². The summed E-state index contributed by atoms with van der Waals surface area (Å²) in [5, 5.41) is 0. The summed E-state index contributed by atoms with van der Waals surface area (Å²) in [6.07, 6.45) is 5.50. The molecule has 0 aliphatic carbocycles. The predicted molar refractivity (Wildman–Crippen MR) is 76.0 cm³/mol. The van der Waals surface area contributed by atoms with Crippen LogP contribution >= 0.6 is 0 Å². The second-order valence-corrected chi connectivity index (χ2v) is 5.10. The van der Waals surface area contributed by atoms with Crippen LogP contribution in [0.1, 0.15) is 40.5 Å². The minimum Gasteiger partial charge on any atom is -0.328 e. The van der Waals surface area contributed by atoms with E-state index in [-0.39, 0.29) is 5.91 Å². The zero-order valence-corrected chi connectivity index (χ0v) is 11.5. The average molecular weight is 267 g/mol. The molecule has 2 aromatic rings. The van der Waals surface area contributed by atoms with Crippen molar-refractivity contribution in [3.8, 4) is 0 Å². The quantitative estimate of drug-likeness (QED) is 0.858. The van der Waals surface area contributed by atoms with Crippen molar-refractivity contribution in [1.82, 2.24) is 14.9 Å². The SMILES string of the molecule is CCCc1ccc(C(=O)N2Cc3cncnc3C2)cc1.